The molecule has 0 spiro atoms. The first-order chi connectivity index (χ1) is 12.1. The summed E-state index contributed by atoms with van der Waals surface area (Å²) in [4.78, 5) is 14.1. The molecule has 0 bridgehead atoms. The zero-order valence-electron chi connectivity index (χ0n) is 13.1. The molecule has 1 aliphatic heterocycles. The molecule has 5 nitrogen and oxygen atoms in total. The smallest absolute Gasteiger partial charge is 0.255 e. The SMILES string of the molecule is O=C(c1ccc(F)cc1Cl)N1CC(n2cc(-c3ccccc3)nn2)C1. The largest absolute Gasteiger partial charge is 0.334 e. The Hall–Kier alpha value is -2.73. The van der Waals surface area contributed by atoms with Crippen molar-refractivity contribution < 1.29 is 9.18 Å². The first kappa shape index (κ1) is 15.8. The molecule has 0 atom stereocenters. The van der Waals surface area contributed by atoms with Crippen molar-refractivity contribution in [2.45, 2.75) is 6.04 Å². The minimum atomic E-state index is -0.459. The van der Waals surface area contributed by atoms with Gasteiger partial charge in [0.25, 0.3) is 5.91 Å². The first-order valence-corrected chi connectivity index (χ1v) is 8.21. The van der Waals surface area contributed by atoms with E-state index in [1.165, 1.54) is 12.1 Å². The minimum absolute atomic E-state index is 0.0770. The highest BCUT2D eigenvalue weighted by Gasteiger charge is 2.34. The lowest BCUT2D eigenvalue weighted by atomic mass is 10.1. The highest BCUT2D eigenvalue weighted by atomic mass is 35.5. The van der Waals surface area contributed by atoms with Gasteiger partial charge in [-0.3, -0.25) is 4.79 Å². The van der Waals surface area contributed by atoms with E-state index in [4.69, 9.17) is 11.6 Å². The van der Waals surface area contributed by atoms with Crippen molar-refractivity contribution >= 4 is 17.5 Å². The molecule has 4 rings (SSSR count). The number of carbonyl (C=O) groups excluding carboxylic acids is 1. The molecule has 0 aliphatic carbocycles. The molecule has 1 saturated heterocycles. The van der Waals surface area contributed by atoms with E-state index in [2.05, 4.69) is 10.3 Å². The van der Waals surface area contributed by atoms with Gasteiger partial charge in [-0.15, -0.1) is 5.10 Å². The van der Waals surface area contributed by atoms with Crippen LogP contribution in [0.25, 0.3) is 11.3 Å². The number of amides is 1. The third-order valence-corrected chi connectivity index (χ3v) is 4.58. The molecule has 0 unspecified atom stereocenters. The molecule has 25 heavy (non-hydrogen) atoms. The third kappa shape index (κ3) is 3.00. The second-order valence-corrected chi connectivity index (χ2v) is 6.35. The van der Waals surface area contributed by atoms with Crippen LogP contribution in [0.5, 0.6) is 0 Å². The first-order valence-electron chi connectivity index (χ1n) is 7.83. The Kier molecular flexibility index (Phi) is 3.97. The summed E-state index contributed by atoms with van der Waals surface area (Å²) < 4.78 is 14.9. The molecule has 1 aliphatic rings. The summed E-state index contributed by atoms with van der Waals surface area (Å²) in [6.45, 7) is 1.04. The van der Waals surface area contributed by atoms with Crippen molar-refractivity contribution in [3.05, 3.63) is 71.1 Å². The molecule has 2 heterocycles. The predicted octanol–water partition coefficient (Wildman–Crippen LogP) is 3.43. The number of benzene rings is 2. The van der Waals surface area contributed by atoms with E-state index < -0.39 is 5.82 Å². The molecule has 7 heteroatoms. The van der Waals surface area contributed by atoms with Gasteiger partial charge in [0.1, 0.15) is 11.5 Å². The van der Waals surface area contributed by atoms with Crippen LogP contribution in [0, 0.1) is 5.82 Å². The topological polar surface area (TPSA) is 51.0 Å². The fraction of sp³-hybridized carbons (Fsp3) is 0.167. The van der Waals surface area contributed by atoms with E-state index in [-0.39, 0.29) is 17.0 Å². The van der Waals surface area contributed by atoms with E-state index >= 15 is 0 Å². The average molecular weight is 357 g/mol. The van der Waals surface area contributed by atoms with E-state index in [1.54, 1.807) is 9.58 Å². The number of hydrogen-bond acceptors (Lipinski definition) is 3. The summed E-state index contributed by atoms with van der Waals surface area (Å²) in [5.41, 5.74) is 2.11. The second-order valence-electron chi connectivity index (χ2n) is 5.94. The Bertz CT molecular complexity index is 922. The molecule has 1 aromatic heterocycles. The van der Waals surface area contributed by atoms with Crippen LogP contribution in [0.1, 0.15) is 16.4 Å². The molecule has 0 N–H and O–H groups in total. The summed E-state index contributed by atoms with van der Waals surface area (Å²) in [5.74, 6) is -0.663. The zero-order valence-corrected chi connectivity index (χ0v) is 13.9. The number of carbonyl (C=O) groups is 1. The van der Waals surface area contributed by atoms with Crippen LogP contribution in [0.3, 0.4) is 0 Å². The minimum Gasteiger partial charge on any atom is -0.334 e. The van der Waals surface area contributed by atoms with Crippen LogP contribution >= 0.6 is 11.6 Å². The standard InChI is InChI=1S/C18H14ClFN4O/c19-16-8-13(20)6-7-15(16)18(25)23-9-14(10-23)24-11-17(21-22-24)12-4-2-1-3-5-12/h1-8,11,14H,9-10H2. The molecular weight excluding hydrogens is 343 g/mol. The van der Waals surface area contributed by atoms with Gasteiger partial charge >= 0.3 is 0 Å². The lowest BCUT2D eigenvalue weighted by Crippen LogP contribution is -2.51. The number of aromatic nitrogens is 3. The van der Waals surface area contributed by atoms with Crippen LogP contribution in [0.4, 0.5) is 4.39 Å². The Morgan fingerprint density at radius 2 is 1.92 bits per heavy atom. The van der Waals surface area contributed by atoms with Crippen molar-refractivity contribution in [3.63, 3.8) is 0 Å². The highest BCUT2D eigenvalue weighted by molar-refractivity contribution is 6.33. The van der Waals surface area contributed by atoms with Crippen LogP contribution in [0.15, 0.2) is 54.7 Å². The van der Waals surface area contributed by atoms with Crippen molar-refractivity contribution in [1.29, 1.82) is 0 Å². The molecule has 3 aromatic rings. The molecule has 0 radical (unpaired) electrons. The third-order valence-electron chi connectivity index (χ3n) is 4.26. The number of likely N-dealkylation sites (tertiary alicyclic amines) is 1. The fourth-order valence-corrected chi connectivity index (χ4v) is 3.07. The second kappa shape index (κ2) is 6.29. The van der Waals surface area contributed by atoms with Crippen molar-refractivity contribution in [3.8, 4) is 11.3 Å². The maximum absolute atomic E-state index is 13.1. The lowest BCUT2D eigenvalue weighted by molar-refractivity contribution is 0.0498. The van der Waals surface area contributed by atoms with Gasteiger partial charge in [0.05, 0.1) is 22.8 Å². The Balaban J connectivity index is 1.44. The normalized spacial score (nSPS) is 14.4. The number of nitrogens with zero attached hydrogens (tertiary/aromatic N) is 4. The van der Waals surface area contributed by atoms with Gasteiger partial charge in [0.2, 0.25) is 0 Å². The number of hydrogen-bond donors (Lipinski definition) is 0. The molecule has 126 valence electrons. The molecule has 1 amide bonds. The van der Waals surface area contributed by atoms with Crippen LogP contribution < -0.4 is 0 Å². The van der Waals surface area contributed by atoms with Crippen LogP contribution in [-0.4, -0.2) is 38.9 Å². The van der Waals surface area contributed by atoms with Gasteiger partial charge in [0.15, 0.2) is 0 Å². The zero-order chi connectivity index (χ0) is 17.4. The van der Waals surface area contributed by atoms with E-state index in [1.807, 2.05) is 36.5 Å². The molecule has 1 fully saturated rings. The average Bonchev–Trinajstić information content (AvgIpc) is 3.04. The Morgan fingerprint density at radius 1 is 1.16 bits per heavy atom. The molecule has 0 saturated carbocycles. The summed E-state index contributed by atoms with van der Waals surface area (Å²) >= 11 is 5.96. The maximum atomic E-state index is 13.1. The van der Waals surface area contributed by atoms with Gasteiger partial charge in [-0.25, -0.2) is 9.07 Å². The summed E-state index contributed by atoms with van der Waals surface area (Å²) in [5, 5.41) is 8.48. The number of halogens is 2. The molecule has 2 aromatic carbocycles. The van der Waals surface area contributed by atoms with Crippen molar-refractivity contribution in [1.82, 2.24) is 19.9 Å². The Labute approximate surface area is 148 Å². The monoisotopic (exact) mass is 356 g/mol. The van der Waals surface area contributed by atoms with Crippen LogP contribution in [-0.2, 0) is 0 Å². The lowest BCUT2D eigenvalue weighted by Gasteiger charge is -2.39. The van der Waals surface area contributed by atoms with Crippen molar-refractivity contribution in [2.24, 2.45) is 0 Å². The van der Waals surface area contributed by atoms with Gasteiger partial charge in [-0.2, -0.15) is 0 Å². The predicted molar refractivity (Wildman–Crippen MR) is 91.8 cm³/mol. The van der Waals surface area contributed by atoms with Crippen LogP contribution in [0.2, 0.25) is 5.02 Å². The van der Waals surface area contributed by atoms with Gasteiger partial charge in [-0.1, -0.05) is 47.1 Å². The molecular formula is C18H14ClFN4O. The highest BCUT2D eigenvalue weighted by Crippen LogP contribution is 2.27. The quantitative estimate of drug-likeness (QED) is 0.722. The van der Waals surface area contributed by atoms with Gasteiger partial charge in [-0.05, 0) is 18.2 Å². The number of rotatable bonds is 3. The van der Waals surface area contributed by atoms with Crippen molar-refractivity contribution in [2.75, 3.05) is 13.1 Å². The van der Waals surface area contributed by atoms with Gasteiger partial charge in [0, 0.05) is 18.7 Å². The maximum Gasteiger partial charge on any atom is 0.255 e. The summed E-state index contributed by atoms with van der Waals surface area (Å²) in [6.07, 6.45) is 1.88. The van der Waals surface area contributed by atoms with E-state index in [0.717, 1.165) is 17.3 Å². The summed E-state index contributed by atoms with van der Waals surface area (Å²) in [7, 11) is 0. The summed E-state index contributed by atoms with van der Waals surface area (Å²) in [6, 6.07) is 13.7. The van der Waals surface area contributed by atoms with Gasteiger partial charge < -0.3 is 4.90 Å². The van der Waals surface area contributed by atoms with E-state index in [0.29, 0.717) is 18.7 Å². The van der Waals surface area contributed by atoms with E-state index in [9.17, 15) is 9.18 Å². The Morgan fingerprint density at radius 3 is 2.64 bits per heavy atom. The fourth-order valence-electron chi connectivity index (χ4n) is 2.82.